The number of para-hydroxylation sites is 1. The second-order valence-corrected chi connectivity index (χ2v) is 5.91. The predicted molar refractivity (Wildman–Crippen MR) is 83.7 cm³/mol. The van der Waals surface area contributed by atoms with Gasteiger partial charge in [-0.15, -0.1) is 0 Å². The molecule has 3 nitrogen and oxygen atoms in total. The molecule has 0 amide bonds. The number of halogens is 1. The molecule has 20 heavy (non-hydrogen) atoms. The summed E-state index contributed by atoms with van der Waals surface area (Å²) in [5.74, 6) is 6.79. The zero-order valence-corrected chi connectivity index (χ0v) is 12.9. The van der Waals surface area contributed by atoms with Gasteiger partial charge in [0, 0.05) is 16.5 Å². The molecule has 0 saturated heterocycles. The van der Waals surface area contributed by atoms with Crippen LogP contribution in [-0.4, -0.2) is 6.61 Å². The Morgan fingerprint density at radius 3 is 2.85 bits per heavy atom. The number of nitrogens with one attached hydrogen (secondary N) is 1. The highest BCUT2D eigenvalue weighted by Gasteiger charge is 2.23. The number of hydrazine groups is 1. The first-order chi connectivity index (χ1) is 9.70. The minimum absolute atomic E-state index is 0.0852. The molecule has 0 saturated carbocycles. The molecule has 0 aromatic heterocycles. The molecular weight excluding hydrogens is 316 g/mol. The van der Waals surface area contributed by atoms with Gasteiger partial charge in [-0.1, -0.05) is 46.3 Å². The fourth-order valence-electron chi connectivity index (χ4n) is 2.68. The van der Waals surface area contributed by atoms with Crippen molar-refractivity contribution in [3.63, 3.8) is 0 Å². The molecule has 1 aliphatic rings. The third-order valence-corrected chi connectivity index (χ3v) is 4.38. The molecule has 0 spiro atoms. The van der Waals surface area contributed by atoms with Crippen molar-refractivity contribution in [1.82, 2.24) is 5.43 Å². The van der Waals surface area contributed by atoms with E-state index >= 15 is 0 Å². The number of aryl methyl sites for hydroxylation is 1. The lowest BCUT2D eigenvalue weighted by Crippen LogP contribution is -2.29. The van der Waals surface area contributed by atoms with Gasteiger partial charge in [-0.05, 0) is 29.7 Å². The zero-order chi connectivity index (χ0) is 14.1. The maximum Gasteiger partial charge on any atom is 0.127 e. The first kappa shape index (κ1) is 13.6. The van der Waals surface area contributed by atoms with E-state index in [1.165, 1.54) is 11.1 Å². The molecule has 1 unspecified atom stereocenters. The van der Waals surface area contributed by atoms with E-state index in [0.29, 0.717) is 0 Å². The van der Waals surface area contributed by atoms with Gasteiger partial charge >= 0.3 is 0 Å². The minimum atomic E-state index is -0.0852. The lowest BCUT2D eigenvalue weighted by molar-refractivity contribution is 0.350. The highest BCUT2D eigenvalue weighted by atomic mass is 79.9. The van der Waals surface area contributed by atoms with Crippen LogP contribution in [0.1, 0.15) is 28.3 Å². The van der Waals surface area contributed by atoms with E-state index in [4.69, 9.17) is 10.6 Å². The van der Waals surface area contributed by atoms with Crippen molar-refractivity contribution in [3.05, 3.63) is 63.1 Å². The van der Waals surface area contributed by atoms with Crippen LogP contribution in [0.25, 0.3) is 0 Å². The Balaban J connectivity index is 2.09. The average molecular weight is 333 g/mol. The molecule has 1 heterocycles. The maximum atomic E-state index is 5.81. The summed E-state index contributed by atoms with van der Waals surface area (Å²) in [7, 11) is 0. The highest BCUT2D eigenvalue weighted by molar-refractivity contribution is 9.10. The SMILES string of the molecule is Cc1ccc(C(NN)c2cccc3c2OCC3)c(Br)c1. The molecule has 1 atom stereocenters. The molecule has 0 bridgehead atoms. The fourth-order valence-corrected chi connectivity index (χ4v) is 3.40. The quantitative estimate of drug-likeness (QED) is 0.670. The second kappa shape index (κ2) is 5.56. The molecule has 1 aliphatic heterocycles. The molecule has 2 aromatic rings. The number of hydrogen-bond acceptors (Lipinski definition) is 3. The number of fused-ring (bicyclic) bond motifs is 1. The standard InChI is InChI=1S/C16H17BrN2O/c1-10-5-6-12(14(17)9-10)15(19-18)13-4-2-3-11-7-8-20-16(11)13/h2-6,9,15,19H,7-8,18H2,1H3. The Bertz CT molecular complexity index is 642. The summed E-state index contributed by atoms with van der Waals surface area (Å²) in [6.07, 6.45) is 0.968. The van der Waals surface area contributed by atoms with Crippen LogP contribution in [0, 0.1) is 6.92 Å². The smallest absolute Gasteiger partial charge is 0.127 e. The molecular formula is C16H17BrN2O. The van der Waals surface area contributed by atoms with Crippen molar-refractivity contribution < 1.29 is 4.74 Å². The third-order valence-electron chi connectivity index (χ3n) is 3.69. The van der Waals surface area contributed by atoms with Crippen LogP contribution in [0.4, 0.5) is 0 Å². The summed E-state index contributed by atoms with van der Waals surface area (Å²) in [5.41, 5.74) is 7.59. The van der Waals surface area contributed by atoms with Crippen LogP contribution >= 0.6 is 15.9 Å². The van der Waals surface area contributed by atoms with Crippen molar-refractivity contribution in [2.24, 2.45) is 5.84 Å². The Morgan fingerprint density at radius 1 is 1.25 bits per heavy atom. The number of ether oxygens (including phenoxy) is 1. The van der Waals surface area contributed by atoms with Gasteiger partial charge in [0.1, 0.15) is 5.75 Å². The van der Waals surface area contributed by atoms with Crippen LogP contribution < -0.4 is 16.0 Å². The number of rotatable bonds is 3. The topological polar surface area (TPSA) is 47.3 Å². The molecule has 2 aromatic carbocycles. The Labute approximate surface area is 127 Å². The number of nitrogens with two attached hydrogens (primary N) is 1. The van der Waals surface area contributed by atoms with Crippen LogP contribution in [0.15, 0.2) is 40.9 Å². The van der Waals surface area contributed by atoms with Crippen LogP contribution in [0.3, 0.4) is 0 Å². The van der Waals surface area contributed by atoms with Gasteiger partial charge in [0.15, 0.2) is 0 Å². The first-order valence-corrected chi connectivity index (χ1v) is 7.47. The molecule has 3 N–H and O–H groups in total. The lowest BCUT2D eigenvalue weighted by atomic mass is 9.96. The van der Waals surface area contributed by atoms with Gasteiger partial charge in [-0.3, -0.25) is 5.84 Å². The third kappa shape index (κ3) is 2.35. The van der Waals surface area contributed by atoms with Crippen molar-refractivity contribution in [3.8, 4) is 5.75 Å². The Kier molecular flexibility index (Phi) is 3.78. The van der Waals surface area contributed by atoms with Gasteiger partial charge in [-0.25, -0.2) is 5.43 Å². The van der Waals surface area contributed by atoms with Crippen molar-refractivity contribution >= 4 is 15.9 Å². The van der Waals surface area contributed by atoms with E-state index in [1.54, 1.807) is 0 Å². The lowest BCUT2D eigenvalue weighted by Gasteiger charge is -2.21. The molecule has 0 aliphatic carbocycles. The summed E-state index contributed by atoms with van der Waals surface area (Å²) < 4.78 is 6.84. The molecule has 0 fully saturated rings. The summed E-state index contributed by atoms with van der Waals surface area (Å²) in [4.78, 5) is 0. The van der Waals surface area contributed by atoms with E-state index in [-0.39, 0.29) is 6.04 Å². The van der Waals surface area contributed by atoms with Crippen LogP contribution in [0.2, 0.25) is 0 Å². The van der Waals surface area contributed by atoms with Gasteiger partial charge < -0.3 is 4.74 Å². The van der Waals surface area contributed by atoms with Crippen molar-refractivity contribution in [2.45, 2.75) is 19.4 Å². The largest absolute Gasteiger partial charge is 0.493 e. The van der Waals surface area contributed by atoms with E-state index in [9.17, 15) is 0 Å². The maximum absolute atomic E-state index is 5.81. The molecule has 0 radical (unpaired) electrons. The molecule has 4 heteroatoms. The second-order valence-electron chi connectivity index (χ2n) is 5.06. The van der Waals surface area contributed by atoms with Crippen LogP contribution in [-0.2, 0) is 6.42 Å². The Hall–Kier alpha value is -1.36. The Morgan fingerprint density at radius 2 is 2.10 bits per heavy atom. The van der Waals surface area contributed by atoms with Crippen molar-refractivity contribution in [1.29, 1.82) is 0 Å². The summed E-state index contributed by atoms with van der Waals surface area (Å²) in [6, 6.07) is 12.5. The normalized spacial score (nSPS) is 14.8. The molecule has 3 rings (SSSR count). The van der Waals surface area contributed by atoms with Crippen molar-refractivity contribution in [2.75, 3.05) is 6.61 Å². The number of hydrogen-bond donors (Lipinski definition) is 2. The van der Waals surface area contributed by atoms with Gasteiger partial charge in [-0.2, -0.15) is 0 Å². The van der Waals surface area contributed by atoms with E-state index in [2.05, 4.69) is 64.7 Å². The monoisotopic (exact) mass is 332 g/mol. The summed E-state index contributed by atoms with van der Waals surface area (Å²) in [6.45, 7) is 2.82. The van der Waals surface area contributed by atoms with Gasteiger partial charge in [0.05, 0.1) is 12.6 Å². The average Bonchev–Trinajstić information content (AvgIpc) is 2.91. The highest BCUT2D eigenvalue weighted by Crippen LogP contribution is 2.37. The van der Waals surface area contributed by atoms with Crippen LogP contribution in [0.5, 0.6) is 5.75 Å². The fraction of sp³-hybridized carbons (Fsp3) is 0.250. The van der Waals surface area contributed by atoms with E-state index in [0.717, 1.165) is 34.4 Å². The van der Waals surface area contributed by atoms with Gasteiger partial charge in [0.25, 0.3) is 0 Å². The summed E-state index contributed by atoms with van der Waals surface area (Å²) >= 11 is 3.63. The summed E-state index contributed by atoms with van der Waals surface area (Å²) in [5, 5.41) is 0. The zero-order valence-electron chi connectivity index (χ0n) is 11.3. The number of benzene rings is 2. The van der Waals surface area contributed by atoms with Gasteiger partial charge in [0.2, 0.25) is 0 Å². The first-order valence-electron chi connectivity index (χ1n) is 6.67. The molecule has 104 valence electrons. The van der Waals surface area contributed by atoms with E-state index in [1.807, 2.05) is 0 Å². The van der Waals surface area contributed by atoms with E-state index < -0.39 is 0 Å². The predicted octanol–water partition coefficient (Wildman–Crippen LogP) is 3.25. The minimum Gasteiger partial charge on any atom is -0.493 e.